The molecular weight excluding hydrogens is 452 g/mol. The molecule has 0 spiro atoms. The van der Waals surface area contributed by atoms with E-state index in [1.807, 2.05) is 36.4 Å². The van der Waals surface area contributed by atoms with Crippen LogP contribution in [0, 0.1) is 0 Å². The number of hydrogen-bond acceptors (Lipinski definition) is 7. The lowest BCUT2D eigenvalue weighted by atomic mass is 9.96. The van der Waals surface area contributed by atoms with Crippen LogP contribution in [0.1, 0.15) is 31.0 Å². The SMILES string of the molecule is C=CCOC(=O)C1=C(C)N=c2s/c(=C/c3cccc(OC(C)=O)c3)c(=O)n2C1c1ccccc1. The first kappa shape index (κ1) is 23.1. The van der Waals surface area contributed by atoms with E-state index in [2.05, 4.69) is 11.6 Å². The molecule has 8 heteroatoms. The number of benzene rings is 2. The molecule has 1 atom stereocenters. The van der Waals surface area contributed by atoms with Crippen LogP contribution in [-0.4, -0.2) is 23.1 Å². The summed E-state index contributed by atoms with van der Waals surface area (Å²) in [6.45, 7) is 6.71. The number of thiazole rings is 1. The Kier molecular flexibility index (Phi) is 6.70. The summed E-state index contributed by atoms with van der Waals surface area (Å²) in [5.41, 5.74) is 1.99. The van der Waals surface area contributed by atoms with Crippen LogP contribution in [0.2, 0.25) is 0 Å². The van der Waals surface area contributed by atoms with Crippen LogP contribution in [0.25, 0.3) is 6.08 Å². The first-order chi connectivity index (χ1) is 16.4. The molecule has 2 aromatic carbocycles. The minimum absolute atomic E-state index is 0.0558. The fourth-order valence-corrected chi connectivity index (χ4v) is 4.78. The van der Waals surface area contributed by atoms with Gasteiger partial charge in [-0.15, -0.1) is 0 Å². The number of fused-ring (bicyclic) bond motifs is 1. The number of carbonyl (C=O) groups excluding carboxylic acids is 2. The summed E-state index contributed by atoms with van der Waals surface area (Å²) >= 11 is 1.23. The minimum atomic E-state index is -0.677. The van der Waals surface area contributed by atoms with Crippen LogP contribution >= 0.6 is 11.3 Å². The fourth-order valence-electron chi connectivity index (χ4n) is 3.73. The highest BCUT2D eigenvalue weighted by molar-refractivity contribution is 7.07. The molecule has 34 heavy (non-hydrogen) atoms. The summed E-state index contributed by atoms with van der Waals surface area (Å²) in [6, 6.07) is 15.5. The second kappa shape index (κ2) is 9.84. The summed E-state index contributed by atoms with van der Waals surface area (Å²) in [4.78, 5) is 42.8. The Labute approximate surface area is 199 Å². The van der Waals surface area contributed by atoms with Crippen molar-refractivity contribution in [1.82, 2.24) is 4.57 Å². The molecule has 1 unspecified atom stereocenters. The summed E-state index contributed by atoms with van der Waals surface area (Å²) in [5, 5.41) is 0. The van der Waals surface area contributed by atoms with Crippen molar-refractivity contribution >= 4 is 29.4 Å². The quantitative estimate of drug-likeness (QED) is 0.312. The van der Waals surface area contributed by atoms with E-state index in [1.165, 1.54) is 28.9 Å². The molecule has 0 saturated carbocycles. The van der Waals surface area contributed by atoms with Crippen molar-refractivity contribution in [2.24, 2.45) is 4.99 Å². The van der Waals surface area contributed by atoms with Gasteiger partial charge in [-0.05, 0) is 36.3 Å². The topological polar surface area (TPSA) is 87.0 Å². The Balaban J connectivity index is 1.88. The Morgan fingerprint density at radius 2 is 1.94 bits per heavy atom. The molecule has 2 heterocycles. The van der Waals surface area contributed by atoms with E-state index < -0.39 is 18.0 Å². The van der Waals surface area contributed by atoms with Crippen LogP contribution in [0.4, 0.5) is 0 Å². The molecule has 1 aromatic heterocycles. The van der Waals surface area contributed by atoms with Gasteiger partial charge in [-0.1, -0.05) is 66.5 Å². The molecule has 0 saturated heterocycles. The maximum Gasteiger partial charge on any atom is 0.338 e. The van der Waals surface area contributed by atoms with Gasteiger partial charge in [-0.25, -0.2) is 9.79 Å². The Morgan fingerprint density at radius 1 is 1.18 bits per heavy atom. The molecule has 0 aliphatic carbocycles. The van der Waals surface area contributed by atoms with E-state index in [4.69, 9.17) is 9.47 Å². The number of aromatic nitrogens is 1. The second-order valence-electron chi connectivity index (χ2n) is 7.55. The van der Waals surface area contributed by atoms with E-state index in [0.717, 1.165) is 5.56 Å². The third kappa shape index (κ3) is 4.67. The minimum Gasteiger partial charge on any atom is -0.458 e. The average molecular weight is 475 g/mol. The number of nitrogens with zero attached hydrogens (tertiary/aromatic N) is 2. The summed E-state index contributed by atoms with van der Waals surface area (Å²) in [6.07, 6.45) is 3.21. The molecule has 0 N–H and O–H groups in total. The first-order valence-corrected chi connectivity index (χ1v) is 11.3. The number of allylic oxidation sites excluding steroid dienone is 1. The number of hydrogen-bond donors (Lipinski definition) is 0. The van der Waals surface area contributed by atoms with E-state index >= 15 is 0 Å². The first-order valence-electron chi connectivity index (χ1n) is 10.5. The predicted molar refractivity (Wildman–Crippen MR) is 129 cm³/mol. The van der Waals surface area contributed by atoms with Crippen LogP contribution in [0.5, 0.6) is 5.75 Å². The molecule has 7 nitrogen and oxygen atoms in total. The van der Waals surface area contributed by atoms with Gasteiger partial charge in [0.2, 0.25) is 0 Å². The van der Waals surface area contributed by atoms with Gasteiger partial charge >= 0.3 is 11.9 Å². The molecule has 0 fully saturated rings. The largest absolute Gasteiger partial charge is 0.458 e. The lowest BCUT2D eigenvalue weighted by molar-refractivity contribution is -0.138. The molecule has 1 aliphatic rings. The van der Waals surface area contributed by atoms with Crippen molar-refractivity contribution < 1.29 is 19.1 Å². The number of ether oxygens (including phenoxy) is 2. The standard InChI is InChI=1S/C26H22N2O5S/c1-4-13-32-25(31)22-16(2)27-26-28(23(22)19-10-6-5-7-11-19)24(30)21(34-26)15-18-9-8-12-20(14-18)33-17(3)29/h4-12,14-15,23H,1,13H2,2-3H3/b21-15+. The lowest BCUT2D eigenvalue weighted by Crippen LogP contribution is -2.39. The normalized spacial score (nSPS) is 15.4. The van der Waals surface area contributed by atoms with Crippen molar-refractivity contribution in [2.75, 3.05) is 6.61 Å². The highest BCUT2D eigenvalue weighted by Gasteiger charge is 2.33. The summed E-state index contributed by atoms with van der Waals surface area (Å²) in [5.74, 6) is -0.580. The van der Waals surface area contributed by atoms with Gasteiger partial charge in [0.15, 0.2) is 4.80 Å². The van der Waals surface area contributed by atoms with Gasteiger partial charge in [0.05, 0.1) is 21.8 Å². The fraction of sp³-hybridized carbons (Fsp3) is 0.154. The van der Waals surface area contributed by atoms with Crippen molar-refractivity contribution in [3.63, 3.8) is 0 Å². The molecule has 0 bridgehead atoms. The summed E-state index contributed by atoms with van der Waals surface area (Å²) < 4.78 is 12.4. The Hall–Kier alpha value is -4.04. The van der Waals surface area contributed by atoms with Crippen LogP contribution in [-0.2, 0) is 14.3 Å². The number of carbonyl (C=O) groups is 2. The highest BCUT2D eigenvalue weighted by Crippen LogP contribution is 2.30. The molecule has 3 aromatic rings. The van der Waals surface area contributed by atoms with Gasteiger partial charge in [0.1, 0.15) is 12.4 Å². The van der Waals surface area contributed by atoms with Crippen LogP contribution in [0.15, 0.2) is 88.3 Å². The van der Waals surface area contributed by atoms with Crippen molar-refractivity contribution in [2.45, 2.75) is 19.9 Å². The molecule has 172 valence electrons. The van der Waals surface area contributed by atoms with E-state index in [-0.39, 0.29) is 12.2 Å². The Morgan fingerprint density at radius 3 is 2.65 bits per heavy atom. The molecular formula is C26H22N2O5S. The zero-order valence-corrected chi connectivity index (χ0v) is 19.5. The second-order valence-corrected chi connectivity index (χ2v) is 8.55. The zero-order valence-electron chi connectivity index (χ0n) is 18.7. The predicted octanol–water partition coefficient (Wildman–Crippen LogP) is 2.89. The molecule has 1 aliphatic heterocycles. The zero-order chi connectivity index (χ0) is 24.2. The lowest BCUT2D eigenvalue weighted by Gasteiger charge is -2.24. The van der Waals surface area contributed by atoms with Gasteiger partial charge in [0.25, 0.3) is 5.56 Å². The molecule has 0 radical (unpaired) electrons. The highest BCUT2D eigenvalue weighted by atomic mass is 32.1. The van der Waals surface area contributed by atoms with Crippen LogP contribution < -0.4 is 19.6 Å². The molecule has 4 rings (SSSR count). The van der Waals surface area contributed by atoms with Crippen molar-refractivity contribution in [3.8, 4) is 5.75 Å². The van der Waals surface area contributed by atoms with Crippen molar-refractivity contribution in [3.05, 3.63) is 109 Å². The summed E-state index contributed by atoms with van der Waals surface area (Å²) in [7, 11) is 0. The monoisotopic (exact) mass is 474 g/mol. The van der Waals surface area contributed by atoms with E-state index in [0.29, 0.717) is 31.9 Å². The number of rotatable bonds is 6. The van der Waals surface area contributed by atoms with Gasteiger partial charge in [0, 0.05) is 6.92 Å². The Bertz CT molecular complexity index is 1480. The number of esters is 2. The van der Waals surface area contributed by atoms with E-state index in [1.54, 1.807) is 31.2 Å². The van der Waals surface area contributed by atoms with Gasteiger partial charge in [-0.3, -0.25) is 14.2 Å². The van der Waals surface area contributed by atoms with E-state index in [9.17, 15) is 14.4 Å². The molecule has 0 amide bonds. The maximum absolute atomic E-state index is 13.6. The van der Waals surface area contributed by atoms with Crippen LogP contribution in [0.3, 0.4) is 0 Å². The third-order valence-corrected chi connectivity index (χ3v) is 6.09. The van der Waals surface area contributed by atoms with Gasteiger partial charge < -0.3 is 9.47 Å². The third-order valence-electron chi connectivity index (χ3n) is 5.11. The average Bonchev–Trinajstić information content (AvgIpc) is 3.11. The van der Waals surface area contributed by atoms with Crippen molar-refractivity contribution in [1.29, 1.82) is 0 Å². The maximum atomic E-state index is 13.6. The smallest absolute Gasteiger partial charge is 0.338 e. The van der Waals surface area contributed by atoms with Gasteiger partial charge in [-0.2, -0.15) is 0 Å².